The van der Waals surface area contributed by atoms with Gasteiger partial charge >= 0.3 is 0 Å². The first-order chi connectivity index (χ1) is 11.8. The minimum absolute atomic E-state index is 0.111. The smallest absolute Gasteiger partial charge is 0.267 e. The van der Waals surface area contributed by atoms with E-state index in [2.05, 4.69) is 4.90 Å². The van der Waals surface area contributed by atoms with E-state index in [4.69, 9.17) is 5.10 Å². The minimum atomic E-state index is 0.111. The number of aromatic nitrogens is 2. The van der Waals surface area contributed by atoms with Crippen LogP contribution in [0.3, 0.4) is 0 Å². The largest absolute Gasteiger partial charge is 0.298 e. The van der Waals surface area contributed by atoms with E-state index in [1.165, 1.54) is 82.1 Å². The van der Waals surface area contributed by atoms with Crippen LogP contribution in [0.5, 0.6) is 0 Å². The Bertz CT molecular complexity index is 618. The lowest BCUT2D eigenvalue weighted by Gasteiger charge is -2.31. The molecule has 3 aliphatic rings. The van der Waals surface area contributed by atoms with Crippen molar-refractivity contribution in [3.63, 3.8) is 0 Å². The van der Waals surface area contributed by atoms with Crippen molar-refractivity contribution in [3.05, 3.63) is 27.7 Å². The summed E-state index contributed by atoms with van der Waals surface area (Å²) in [7, 11) is 0. The Balaban J connectivity index is 1.44. The van der Waals surface area contributed by atoms with Crippen molar-refractivity contribution in [1.82, 2.24) is 14.7 Å². The Labute approximate surface area is 145 Å². The van der Waals surface area contributed by atoms with Gasteiger partial charge in [0.15, 0.2) is 0 Å². The summed E-state index contributed by atoms with van der Waals surface area (Å²) in [5.74, 6) is 0.882. The number of likely N-dealkylation sites (tertiary alicyclic amines) is 1. The van der Waals surface area contributed by atoms with Crippen LogP contribution in [0, 0.1) is 5.92 Å². The average molecular weight is 329 g/mol. The average Bonchev–Trinajstić information content (AvgIpc) is 3.03. The van der Waals surface area contributed by atoms with Crippen molar-refractivity contribution in [3.8, 4) is 0 Å². The minimum Gasteiger partial charge on any atom is -0.298 e. The first-order valence-corrected chi connectivity index (χ1v) is 10.1. The van der Waals surface area contributed by atoms with Gasteiger partial charge in [-0.3, -0.25) is 9.69 Å². The highest BCUT2D eigenvalue weighted by Gasteiger charge is 2.28. The fourth-order valence-electron chi connectivity index (χ4n) is 4.98. The molecule has 1 aliphatic heterocycles. The van der Waals surface area contributed by atoms with Crippen LogP contribution in [0.25, 0.3) is 0 Å². The predicted octanol–water partition coefficient (Wildman–Crippen LogP) is 3.17. The lowest BCUT2D eigenvalue weighted by molar-refractivity contribution is 0.171. The lowest BCUT2D eigenvalue weighted by atomic mass is 9.89. The summed E-state index contributed by atoms with van der Waals surface area (Å²) in [6.45, 7) is 3.24. The number of nitrogens with zero attached hydrogens (tertiary/aromatic N) is 3. The molecule has 4 heteroatoms. The van der Waals surface area contributed by atoms with Crippen LogP contribution in [0.15, 0.2) is 10.9 Å². The molecule has 24 heavy (non-hydrogen) atoms. The highest BCUT2D eigenvalue weighted by molar-refractivity contribution is 5.20. The Morgan fingerprint density at radius 2 is 1.79 bits per heavy atom. The third-order valence-electron chi connectivity index (χ3n) is 6.37. The highest BCUT2D eigenvalue weighted by atomic mass is 16.1. The predicted molar refractivity (Wildman–Crippen MR) is 96.3 cm³/mol. The summed E-state index contributed by atoms with van der Waals surface area (Å²) in [4.78, 5) is 15.1. The van der Waals surface area contributed by atoms with Gasteiger partial charge in [0.05, 0.1) is 12.2 Å². The van der Waals surface area contributed by atoms with E-state index >= 15 is 0 Å². The Hall–Kier alpha value is -1.16. The molecule has 0 N–H and O–H groups in total. The molecule has 1 saturated carbocycles. The van der Waals surface area contributed by atoms with Crippen molar-refractivity contribution in [2.24, 2.45) is 5.92 Å². The zero-order valence-corrected chi connectivity index (χ0v) is 14.9. The summed E-state index contributed by atoms with van der Waals surface area (Å²) >= 11 is 0. The van der Waals surface area contributed by atoms with Gasteiger partial charge in [-0.05, 0) is 69.4 Å². The van der Waals surface area contributed by atoms with E-state index in [1.807, 2.05) is 6.07 Å². The quantitative estimate of drug-likeness (QED) is 0.851. The molecule has 2 fully saturated rings. The molecule has 2 aliphatic carbocycles. The summed E-state index contributed by atoms with van der Waals surface area (Å²) in [5, 5.41) is 4.74. The van der Waals surface area contributed by atoms with Crippen LogP contribution in [-0.4, -0.2) is 33.8 Å². The summed E-state index contributed by atoms with van der Waals surface area (Å²) < 4.78 is 1.77. The van der Waals surface area contributed by atoms with Crippen LogP contribution >= 0.6 is 0 Å². The van der Waals surface area contributed by atoms with Gasteiger partial charge in [-0.15, -0.1) is 0 Å². The topological polar surface area (TPSA) is 38.1 Å². The standard InChI is InChI=1S/C20H31N3O/c24-20-13-17-9-4-5-11-19(17)21-23(20)15-18-10-6-12-22(18)14-16-7-2-1-3-8-16/h13,16,18H,1-12,14-15H2. The lowest BCUT2D eigenvalue weighted by Crippen LogP contribution is -2.40. The normalized spacial score (nSPS) is 25.8. The second-order valence-electron chi connectivity index (χ2n) is 8.14. The van der Waals surface area contributed by atoms with Gasteiger partial charge < -0.3 is 0 Å². The summed E-state index contributed by atoms with van der Waals surface area (Å²) in [5.41, 5.74) is 2.49. The Morgan fingerprint density at radius 1 is 0.958 bits per heavy atom. The van der Waals surface area contributed by atoms with E-state index in [9.17, 15) is 4.79 Å². The van der Waals surface area contributed by atoms with Crippen molar-refractivity contribution < 1.29 is 0 Å². The molecule has 1 saturated heterocycles. The molecule has 4 rings (SSSR count). The van der Waals surface area contributed by atoms with E-state index in [0.717, 1.165) is 25.3 Å². The van der Waals surface area contributed by atoms with Crippen LogP contribution in [0.2, 0.25) is 0 Å². The first kappa shape index (κ1) is 16.3. The molecule has 1 unspecified atom stereocenters. The zero-order chi connectivity index (χ0) is 16.4. The third-order valence-corrected chi connectivity index (χ3v) is 6.37. The van der Waals surface area contributed by atoms with Crippen molar-refractivity contribution >= 4 is 0 Å². The SMILES string of the molecule is O=c1cc2c(nn1CC1CCCN1CC1CCCCC1)CCCC2. The molecule has 4 nitrogen and oxygen atoms in total. The van der Waals surface area contributed by atoms with Gasteiger partial charge in [0.25, 0.3) is 5.56 Å². The number of rotatable bonds is 4. The molecule has 1 aromatic heterocycles. The van der Waals surface area contributed by atoms with Crippen LogP contribution in [-0.2, 0) is 19.4 Å². The van der Waals surface area contributed by atoms with Gasteiger partial charge in [-0.25, -0.2) is 4.68 Å². The van der Waals surface area contributed by atoms with Gasteiger partial charge in [0, 0.05) is 18.7 Å². The van der Waals surface area contributed by atoms with Crippen molar-refractivity contribution in [2.75, 3.05) is 13.1 Å². The summed E-state index contributed by atoms with van der Waals surface area (Å²) in [6.07, 6.45) is 14.1. The van der Waals surface area contributed by atoms with E-state index in [0.29, 0.717) is 6.04 Å². The van der Waals surface area contributed by atoms with Crippen molar-refractivity contribution in [1.29, 1.82) is 0 Å². The molecule has 2 heterocycles. The van der Waals surface area contributed by atoms with Gasteiger partial charge in [-0.2, -0.15) is 5.10 Å². The van der Waals surface area contributed by atoms with E-state index < -0.39 is 0 Å². The molecule has 1 aromatic rings. The van der Waals surface area contributed by atoms with Gasteiger partial charge in [0.2, 0.25) is 0 Å². The van der Waals surface area contributed by atoms with Crippen molar-refractivity contribution in [2.45, 2.75) is 83.2 Å². The van der Waals surface area contributed by atoms with Gasteiger partial charge in [0.1, 0.15) is 0 Å². The Kier molecular flexibility index (Phi) is 5.02. The second-order valence-corrected chi connectivity index (χ2v) is 8.14. The molecular weight excluding hydrogens is 298 g/mol. The third kappa shape index (κ3) is 3.58. The number of hydrogen-bond acceptors (Lipinski definition) is 3. The maximum Gasteiger partial charge on any atom is 0.267 e. The highest BCUT2D eigenvalue weighted by Crippen LogP contribution is 2.28. The Morgan fingerprint density at radius 3 is 2.67 bits per heavy atom. The molecule has 0 bridgehead atoms. The molecule has 132 valence electrons. The fraction of sp³-hybridized carbons (Fsp3) is 0.800. The maximum atomic E-state index is 12.5. The van der Waals surface area contributed by atoms with Gasteiger partial charge in [-0.1, -0.05) is 19.3 Å². The fourth-order valence-corrected chi connectivity index (χ4v) is 4.98. The maximum absolute atomic E-state index is 12.5. The van der Waals surface area contributed by atoms with E-state index in [1.54, 1.807) is 4.68 Å². The molecule has 0 amide bonds. The molecule has 0 aromatic carbocycles. The van der Waals surface area contributed by atoms with Crippen LogP contribution in [0.4, 0.5) is 0 Å². The number of fused-ring (bicyclic) bond motifs is 1. The van der Waals surface area contributed by atoms with Crippen LogP contribution < -0.4 is 5.56 Å². The monoisotopic (exact) mass is 329 g/mol. The second kappa shape index (κ2) is 7.38. The summed E-state index contributed by atoms with van der Waals surface area (Å²) in [6, 6.07) is 2.38. The number of aryl methyl sites for hydroxylation is 2. The molecular formula is C20H31N3O. The van der Waals surface area contributed by atoms with Crippen LogP contribution in [0.1, 0.15) is 69.0 Å². The molecule has 1 atom stereocenters. The van der Waals surface area contributed by atoms with E-state index in [-0.39, 0.29) is 5.56 Å². The molecule has 0 radical (unpaired) electrons. The number of hydrogen-bond donors (Lipinski definition) is 0. The first-order valence-electron chi connectivity index (χ1n) is 10.1. The molecule has 0 spiro atoms. The zero-order valence-electron chi connectivity index (χ0n) is 14.9.